The van der Waals surface area contributed by atoms with Crippen molar-refractivity contribution in [2.45, 2.75) is 168 Å². The summed E-state index contributed by atoms with van der Waals surface area (Å²) in [6.45, 7) is 14.4. The first-order valence-electron chi connectivity index (χ1n) is 22.8. The Labute approximate surface area is 358 Å². The Morgan fingerprint density at radius 1 is 0.610 bits per heavy atom. The van der Waals surface area contributed by atoms with Crippen LogP contribution in [0.1, 0.15) is 129 Å². The van der Waals surface area contributed by atoms with Gasteiger partial charge in [0.2, 0.25) is 0 Å². The molecule has 3 aromatic carbocycles. The van der Waals surface area contributed by atoms with E-state index in [1.807, 2.05) is 78.9 Å². The van der Waals surface area contributed by atoms with E-state index in [0.717, 1.165) is 54.1 Å². The molecule has 59 heavy (non-hydrogen) atoms. The quantitative estimate of drug-likeness (QED) is 0.0380. The van der Waals surface area contributed by atoms with Crippen molar-refractivity contribution in [2.24, 2.45) is 11.8 Å². The monoisotopic (exact) mass is 832 g/mol. The van der Waals surface area contributed by atoms with Gasteiger partial charge in [0.1, 0.15) is 12.7 Å². The summed E-state index contributed by atoms with van der Waals surface area (Å²) >= 11 is 0. The highest BCUT2D eigenvalue weighted by Gasteiger charge is 2.38. The predicted molar refractivity (Wildman–Crippen MR) is 242 cm³/mol. The minimum absolute atomic E-state index is 0.0741. The van der Waals surface area contributed by atoms with Gasteiger partial charge in [0.15, 0.2) is 14.4 Å². The van der Waals surface area contributed by atoms with Gasteiger partial charge in [-0.3, -0.25) is 0 Å². The van der Waals surface area contributed by atoms with E-state index in [1.165, 1.54) is 51.4 Å². The van der Waals surface area contributed by atoms with Crippen LogP contribution in [0.15, 0.2) is 91.0 Å². The number of hydrogen-bond donors (Lipinski definition) is 1. The number of hydrogen-bond acceptors (Lipinski definition) is 7. The van der Waals surface area contributed by atoms with Crippen molar-refractivity contribution in [3.8, 4) is 0 Å². The summed E-state index contributed by atoms with van der Waals surface area (Å²) in [4.78, 5) is 27.6. The van der Waals surface area contributed by atoms with Crippen molar-refractivity contribution < 1.29 is 33.0 Å². The lowest BCUT2D eigenvalue weighted by atomic mass is 9.87. The maximum Gasteiger partial charge on any atom is 0.408 e. The third-order valence-electron chi connectivity index (χ3n) is 11.8. The van der Waals surface area contributed by atoms with E-state index in [1.54, 1.807) is 0 Å². The molecule has 0 aromatic heterocycles. The van der Waals surface area contributed by atoms with E-state index in [9.17, 15) is 9.59 Å². The summed E-state index contributed by atoms with van der Waals surface area (Å²) in [7, 11) is -1.93. The molecular formula is C50H77NO7Si. The molecular weight excluding hydrogens is 755 g/mol. The van der Waals surface area contributed by atoms with Gasteiger partial charge in [0.25, 0.3) is 0 Å². The standard InChI is InChI=1S/C50H77NO7Si/c1-7-11-12-13-14-15-16-17-18-28-35-47(55-38-44-31-24-20-25-32-44)42(6)48(41(5)36-57-59(8-2,9-3)10-4)58-49(52)46(40-54-37-43-29-22-19-23-30-43)51-50(53)56-39-45-33-26-21-27-34-45/h19-27,29-34,41-42,46-48H,7-18,28,35-40H2,1-6H3,(H,51,53)/t41-,42-,46-,47+,48-/m0/s1. The summed E-state index contributed by atoms with van der Waals surface area (Å²) in [6, 6.07) is 31.5. The third kappa shape index (κ3) is 19.6. The highest BCUT2D eigenvalue weighted by molar-refractivity contribution is 6.73. The first-order chi connectivity index (χ1) is 28.7. The molecule has 0 aliphatic heterocycles. The Morgan fingerprint density at radius 3 is 1.63 bits per heavy atom. The molecule has 3 rings (SSSR count). The minimum atomic E-state index is -1.93. The maximum atomic E-state index is 14.4. The fourth-order valence-electron chi connectivity index (χ4n) is 7.68. The molecule has 0 radical (unpaired) electrons. The number of unbranched alkanes of at least 4 members (excludes halogenated alkanes) is 9. The number of nitrogens with one attached hydrogen (secondary N) is 1. The lowest BCUT2D eigenvalue weighted by Gasteiger charge is -2.37. The Hall–Kier alpha value is -3.50. The second-order valence-electron chi connectivity index (χ2n) is 16.4. The van der Waals surface area contributed by atoms with Crippen LogP contribution in [0.25, 0.3) is 0 Å². The molecule has 1 amide bonds. The van der Waals surface area contributed by atoms with Crippen molar-refractivity contribution in [3.63, 3.8) is 0 Å². The highest BCUT2D eigenvalue weighted by Crippen LogP contribution is 2.30. The first kappa shape index (κ1) is 49.9. The zero-order valence-corrected chi connectivity index (χ0v) is 38.3. The van der Waals surface area contributed by atoms with Gasteiger partial charge in [-0.15, -0.1) is 0 Å². The van der Waals surface area contributed by atoms with Crippen LogP contribution in [-0.4, -0.2) is 51.8 Å². The van der Waals surface area contributed by atoms with E-state index in [0.29, 0.717) is 13.2 Å². The van der Waals surface area contributed by atoms with E-state index in [-0.39, 0.29) is 37.8 Å². The molecule has 0 aliphatic carbocycles. The maximum absolute atomic E-state index is 14.4. The second kappa shape index (κ2) is 29.7. The van der Waals surface area contributed by atoms with E-state index in [4.69, 9.17) is 23.4 Å². The van der Waals surface area contributed by atoms with Gasteiger partial charge in [-0.25, -0.2) is 9.59 Å². The van der Waals surface area contributed by atoms with Crippen LogP contribution >= 0.6 is 0 Å². The Kier molecular flexibility index (Phi) is 25.1. The number of alkyl carbamates (subject to hydrolysis) is 1. The molecule has 5 atom stereocenters. The summed E-state index contributed by atoms with van der Waals surface area (Å²) in [5.74, 6) is -0.849. The van der Waals surface area contributed by atoms with E-state index >= 15 is 0 Å². The van der Waals surface area contributed by atoms with Crippen LogP contribution in [0.3, 0.4) is 0 Å². The summed E-state index contributed by atoms with van der Waals surface area (Å²) < 4.78 is 31.8. The molecule has 328 valence electrons. The fourth-order valence-corrected chi connectivity index (χ4v) is 10.4. The molecule has 8 nitrogen and oxygen atoms in total. The van der Waals surface area contributed by atoms with Crippen molar-refractivity contribution in [2.75, 3.05) is 13.2 Å². The lowest BCUT2D eigenvalue weighted by molar-refractivity contribution is -0.164. The van der Waals surface area contributed by atoms with E-state index in [2.05, 4.69) is 59.0 Å². The van der Waals surface area contributed by atoms with Gasteiger partial charge in [0.05, 0.1) is 25.9 Å². The van der Waals surface area contributed by atoms with Crippen LogP contribution in [0.5, 0.6) is 0 Å². The average molecular weight is 832 g/mol. The van der Waals surface area contributed by atoms with Crippen molar-refractivity contribution in [1.29, 1.82) is 0 Å². The van der Waals surface area contributed by atoms with Crippen LogP contribution in [0, 0.1) is 11.8 Å². The predicted octanol–water partition coefficient (Wildman–Crippen LogP) is 12.6. The SMILES string of the molecule is CCCCCCCCCCCC[C@@H](OCc1ccccc1)[C@H](C)[C@@H](OC(=O)[C@H](COCc1ccccc1)NC(=O)OCc1ccccc1)[C@@H](C)CO[Si](CC)(CC)CC. The molecule has 0 spiro atoms. The Balaban J connectivity index is 1.82. The average Bonchev–Trinajstić information content (AvgIpc) is 3.27. The zero-order chi connectivity index (χ0) is 42.6. The van der Waals surface area contributed by atoms with Crippen LogP contribution in [-0.2, 0) is 48.0 Å². The third-order valence-corrected chi connectivity index (χ3v) is 16.5. The van der Waals surface area contributed by atoms with Gasteiger partial charge < -0.3 is 28.7 Å². The molecule has 0 heterocycles. The molecule has 0 saturated carbocycles. The van der Waals surface area contributed by atoms with Crippen LogP contribution in [0.4, 0.5) is 4.79 Å². The number of ether oxygens (including phenoxy) is 4. The van der Waals surface area contributed by atoms with E-state index < -0.39 is 32.5 Å². The fraction of sp³-hybridized carbons (Fsp3) is 0.600. The van der Waals surface area contributed by atoms with Gasteiger partial charge >= 0.3 is 12.1 Å². The lowest BCUT2D eigenvalue weighted by Crippen LogP contribution is -2.49. The highest BCUT2D eigenvalue weighted by atomic mass is 28.4. The Bertz CT molecular complexity index is 1500. The molecule has 0 bridgehead atoms. The molecule has 3 aromatic rings. The topological polar surface area (TPSA) is 92.3 Å². The smallest absolute Gasteiger partial charge is 0.408 e. The number of benzene rings is 3. The largest absolute Gasteiger partial charge is 0.460 e. The summed E-state index contributed by atoms with van der Waals surface area (Å²) in [5.41, 5.74) is 2.92. The van der Waals surface area contributed by atoms with Crippen molar-refractivity contribution >= 4 is 20.4 Å². The Morgan fingerprint density at radius 2 is 1.10 bits per heavy atom. The number of rotatable bonds is 32. The van der Waals surface area contributed by atoms with Crippen molar-refractivity contribution in [1.82, 2.24) is 5.32 Å². The van der Waals surface area contributed by atoms with Gasteiger partial charge in [-0.2, -0.15) is 0 Å². The van der Waals surface area contributed by atoms with Gasteiger partial charge in [-0.05, 0) is 41.2 Å². The second-order valence-corrected chi connectivity index (χ2v) is 21.1. The number of carbonyl (C=O) groups excluding carboxylic acids is 2. The number of esters is 1. The van der Waals surface area contributed by atoms with Gasteiger partial charge in [0, 0.05) is 18.4 Å². The first-order valence-corrected chi connectivity index (χ1v) is 25.4. The molecule has 0 unspecified atom stereocenters. The molecule has 1 N–H and O–H groups in total. The summed E-state index contributed by atoms with van der Waals surface area (Å²) in [5, 5.41) is 2.77. The minimum Gasteiger partial charge on any atom is -0.460 e. The van der Waals surface area contributed by atoms with Crippen LogP contribution in [0.2, 0.25) is 18.1 Å². The molecule has 0 saturated heterocycles. The molecule has 0 fully saturated rings. The zero-order valence-electron chi connectivity index (χ0n) is 37.3. The normalized spacial score (nSPS) is 14.2. The molecule has 9 heteroatoms. The number of amides is 1. The van der Waals surface area contributed by atoms with Crippen molar-refractivity contribution in [3.05, 3.63) is 108 Å². The summed E-state index contributed by atoms with van der Waals surface area (Å²) in [6.07, 6.45) is 12.0. The number of carbonyl (C=O) groups is 2. The van der Waals surface area contributed by atoms with Crippen LogP contribution < -0.4 is 5.32 Å². The van der Waals surface area contributed by atoms with Gasteiger partial charge in [-0.1, -0.05) is 197 Å². The molecule has 0 aliphatic rings.